The lowest BCUT2D eigenvalue weighted by Crippen LogP contribution is -2.39. The summed E-state index contributed by atoms with van der Waals surface area (Å²) in [7, 11) is 3.92. The van der Waals surface area contributed by atoms with Crippen LogP contribution in [0, 0.1) is 0 Å². The van der Waals surface area contributed by atoms with E-state index in [1.165, 1.54) is 11.3 Å². The Balaban J connectivity index is 1.95. The third-order valence-electron chi connectivity index (χ3n) is 5.43. The van der Waals surface area contributed by atoms with Crippen molar-refractivity contribution in [1.29, 1.82) is 0 Å². The van der Waals surface area contributed by atoms with Crippen LogP contribution in [-0.2, 0) is 9.53 Å². The number of benzene rings is 2. The number of allylic oxidation sites excluding steroid dienone is 1. The lowest BCUT2D eigenvalue weighted by Gasteiger charge is -2.25. The Bertz CT molecular complexity index is 1420. The van der Waals surface area contributed by atoms with Crippen molar-refractivity contribution in [3.8, 4) is 0 Å². The van der Waals surface area contributed by atoms with E-state index in [9.17, 15) is 9.59 Å². The second-order valence-corrected chi connectivity index (χ2v) is 9.23. The van der Waals surface area contributed by atoms with Gasteiger partial charge >= 0.3 is 5.97 Å². The van der Waals surface area contributed by atoms with Crippen LogP contribution in [0.5, 0.6) is 0 Å². The molecule has 0 aliphatic carbocycles. The lowest BCUT2D eigenvalue weighted by molar-refractivity contribution is -0.139. The molecule has 2 heterocycles. The van der Waals surface area contributed by atoms with Gasteiger partial charge in [-0.15, -0.1) is 0 Å². The van der Waals surface area contributed by atoms with E-state index in [-0.39, 0.29) is 12.2 Å². The predicted octanol–water partition coefficient (Wildman–Crippen LogP) is 3.52. The van der Waals surface area contributed by atoms with E-state index >= 15 is 0 Å². The molecule has 6 nitrogen and oxygen atoms in total. The van der Waals surface area contributed by atoms with Crippen molar-refractivity contribution in [3.05, 3.63) is 95.6 Å². The average molecular weight is 482 g/mol. The SMILES string of the molecule is CCOC(=O)C1=C(C)N=c2sc(=Cc3ccccc3Cl)c(=O)n2[C@H]1c1ccc(N(C)C)cc1. The molecule has 0 bridgehead atoms. The molecule has 170 valence electrons. The van der Waals surface area contributed by atoms with E-state index < -0.39 is 12.0 Å². The summed E-state index contributed by atoms with van der Waals surface area (Å²) in [6, 6.07) is 14.5. The molecule has 1 aliphatic rings. The summed E-state index contributed by atoms with van der Waals surface area (Å²) in [6.45, 7) is 3.77. The van der Waals surface area contributed by atoms with Crippen molar-refractivity contribution in [3.63, 3.8) is 0 Å². The Morgan fingerprint density at radius 1 is 1.21 bits per heavy atom. The molecule has 0 spiro atoms. The van der Waals surface area contributed by atoms with Crippen molar-refractivity contribution < 1.29 is 9.53 Å². The molecule has 1 aromatic heterocycles. The van der Waals surface area contributed by atoms with Gasteiger partial charge in [0.05, 0.1) is 28.5 Å². The zero-order valence-corrected chi connectivity index (χ0v) is 20.4. The van der Waals surface area contributed by atoms with Gasteiger partial charge in [0, 0.05) is 24.8 Å². The maximum Gasteiger partial charge on any atom is 0.338 e. The summed E-state index contributed by atoms with van der Waals surface area (Å²) in [5.74, 6) is -0.471. The molecule has 0 saturated heterocycles. The number of hydrogen-bond acceptors (Lipinski definition) is 6. The van der Waals surface area contributed by atoms with E-state index in [2.05, 4.69) is 4.99 Å². The first kappa shape index (κ1) is 23.0. The minimum atomic E-state index is -0.634. The Kier molecular flexibility index (Phi) is 6.54. The van der Waals surface area contributed by atoms with Gasteiger partial charge in [-0.3, -0.25) is 9.36 Å². The number of carbonyl (C=O) groups is 1. The number of nitrogens with zero attached hydrogens (tertiary/aromatic N) is 3. The molecular weight excluding hydrogens is 458 g/mol. The van der Waals surface area contributed by atoms with Gasteiger partial charge in [0.2, 0.25) is 0 Å². The van der Waals surface area contributed by atoms with Crippen LogP contribution in [0.1, 0.15) is 31.0 Å². The smallest absolute Gasteiger partial charge is 0.338 e. The summed E-state index contributed by atoms with van der Waals surface area (Å²) in [6.07, 6.45) is 1.77. The fourth-order valence-corrected chi connectivity index (χ4v) is 5.02. The summed E-state index contributed by atoms with van der Waals surface area (Å²) in [5, 5.41) is 0.558. The number of halogens is 1. The molecule has 0 unspecified atom stereocenters. The normalized spacial score (nSPS) is 15.8. The maximum atomic E-state index is 13.6. The van der Waals surface area contributed by atoms with Crippen molar-refractivity contribution in [2.75, 3.05) is 25.6 Å². The minimum absolute atomic E-state index is 0.227. The van der Waals surface area contributed by atoms with E-state index in [1.807, 2.05) is 61.5 Å². The second-order valence-electron chi connectivity index (χ2n) is 7.81. The zero-order chi connectivity index (χ0) is 23.7. The van der Waals surface area contributed by atoms with Crippen molar-refractivity contribution >= 4 is 40.7 Å². The van der Waals surface area contributed by atoms with E-state index in [1.54, 1.807) is 30.6 Å². The van der Waals surface area contributed by atoms with E-state index in [4.69, 9.17) is 16.3 Å². The fraction of sp³-hybridized carbons (Fsp3) is 0.240. The molecule has 3 aromatic rings. The monoisotopic (exact) mass is 481 g/mol. The first-order chi connectivity index (χ1) is 15.8. The Labute approximate surface area is 200 Å². The molecule has 8 heteroatoms. The average Bonchev–Trinajstić information content (AvgIpc) is 3.09. The third-order valence-corrected chi connectivity index (χ3v) is 6.76. The van der Waals surface area contributed by atoms with Crippen LogP contribution in [0.15, 0.2) is 69.6 Å². The highest BCUT2D eigenvalue weighted by atomic mass is 35.5. The van der Waals surface area contributed by atoms with Gasteiger partial charge in [0.15, 0.2) is 4.80 Å². The number of rotatable bonds is 5. The summed E-state index contributed by atoms with van der Waals surface area (Å²) >= 11 is 7.59. The molecule has 0 radical (unpaired) electrons. The first-order valence-corrected chi connectivity index (χ1v) is 11.7. The standard InChI is InChI=1S/C25H24ClN3O3S/c1-5-32-24(31)21-15(2)27-25-29(22(21)16-10-12-18(13-11-16)28(3)4)23(30)20(33-25)14-17-8-6-7-9-19(17)26/h6-14,22H,5H2,1-4H3/t22-/m0/s1. The van der Waals surface area contributed by atoms with Crippen molar-refractivity contribution in [2.24, 2.45) is 4.99 Å². The molecule has 33 heavy (non-hydrogen) atoms. The number of aromatic nitrogens is 1. The highest BCUT2D eigenvalue weighted by Gasteiger charge is 2.33. The molecule has 1 atom stereocenters. The van der Waals surface area contributed by atoms with Crippen molar-refractivity contribution in [2.45, 2.75) is 19.9 Å². The van der Waals surface area contributed by atoms with Crippen LogP contribution in [0.4, 0.5) is 5.69 Å². The molecule has 4 rings (SSSR count). The molecule has 0 N–H and O–H groups in total. The van der Waals surface area contributed by atoms with Crippen molar-refractivity contribution in [1.82, 2.24) is 4.57 Å². The molecule has 0 amide bonds. The van der Waals surface area contributed by atoms with Crippen LogP contribution < -0.4 is 19.8 Å². The number of ether oxygens (including phenoxy) is 1. The molecule has 0 saturated carbocycles. The zero-order valence-electron chi connectivity index (χ0n) is 18.8. The number of fused-ring (bicyclic) bond motifs is 1. The van der Waals surface area contributed by atoms with Gasteiger partial charge in [0.25, 0.3) is 5.56 Å². The molecule has 1 aliphatic heterocycles. The summed E-state index contributed by atoms with van der Waals surface area (Å²) in [5.41, 5.74) is 3.26. The third kappa shape index (κ3) is 4.38. The quantitative estimate of drug-likeness (QED) is 0.523. The van der Waals surface area contributed by atoms with Gasteiger partial charge in [-0.25, -0.2) is 9.79 Å². The fourth-order valence-electron chi connectivity index (χ4n) is 3.80. The highest BCUT2D eigenvalue weighted by molar-refractivity contribution is 7.07. The predicted molar refractivity (Wildman–Crippen MR) is 133 cm³/mol. The minimum Gasteiger partial charge on any atom is -0.463 e. The summed E-state index contributed by atoms with van der Waals surface area (Å²) < 4.78 is 7.41. The van der Waals surface area contributed by atoms with Crippen LogP contribution in [-0.4, -0.2) is 31.2 Å². The van der Waals surface area contributed by atoms with Gasteiger partial charge < -0.3 is 9.64 Å². The topological polar surface area (TPSA) is 63.9 Å². The van der Waals surface area contributed by atoms with Crippen LogP contribution in [0.3, 0.4) is 0 Å². The van der Waals surface area contributed by atoms with Crippen LogP contribution in [0.25, 0.3) is 6.08 Å². The van der Waals surface area contributed by atoms with Gasteiger partial charge in [0.1, 0.15) is 0 Å². The first-order valence-electron chi connectivity index (χ1n) is 10.5. The number of esters is 1. The maximum absolute atomic E-state index is 13.6. The van der Waals surface area contributed by atoms with Gasteiger partial charge in [-0.2, -0.15) is 0 Å². The lowest BCUT2D eigenvalue weighted by atomic mass is 9.95. The number of thiazole rings is 1. The Hall–Kier alpha value is -3.16. The number of carbonyl (C=O) groups excluding carboxylic acids is 1. The highest BCUT2D eigenvalue weighted by Crippen LogP contribution is 2.31. The van der Waals surface area contributed by atoms with Gasteiger partial charge in [-0.1, -0.05) is 53.3 Å². The van der Waals surface area contributed by atoms with Crippen LogP contribution in [0.2, 0.25) is 5.02 Å². The Morgan fingerprint density at radius 3 is 2.55 bits per heavy atom. The van der Waals surface area contributed by atoms with Gasteiger partial charge in [-0.05, 0) is 49.2 Å². The van der Waals surface area contributed by atoms with E-state index in [0.29, 0.717) is 25.6 Å². The Morgan fingerprint density at radius 2 is 1.91 bits per heavy atom. The van der Waals surface area contributed by atoms with Crippen LogP contribution >= 0.6 is 22.9 Å². The van der Waals surface area contributed by atoms with E-state index in [0.717, 1.165) is 16.8 Å². The molecular formula is C25H24ClN3O3S. The number of hydrogen-bond donors (Lipinski definition) is 0. The molecule has 0 fully saturated rings. The summed E-state index contributed by atoms with van der Waals surface area (Å²) in [4.78, 5) is 33.6. The number of anilines is 1. The largest absolute Gasteiger partial charge is 0.463 e. The second kappa shape index (κ2) is 9.37. The molecule has 2 aromatic carbocycles.